The van der Waals surface area contributed by atoms with E-state index in [1.54, 1.807) is 0 Å². The minimum Gasteiger partial charge on any atom is -0.343 e. The van der Waals surface area contributed by atoms with Gasteiger partial charge < -0.3 is 9.80 Å². The first-order valence-electron chi connectivity index (χ1n) is 8.35. The fourth-order valence-electron chi connectivity index (χ4n) is 4.04. The van der Waals surface area contributed by atoms with Crippen LogP contribution in [-0.2, 0) is 5.66 Å². The summed E-state index contributed by atoms with van der Waals surface area (Å²) in [5.41, 5.74) is 6.02. The Morgan fingerprint density at radius 2 is 1.12 bits per heavy atom. The minimum atomic E-state index is -0.335. The molecule has 3 aromatic rings. The summed E-state index contributed by atoms with van der Waals surface area (Å²) in [7, 11) is 4.39. The number of rotatable bonds is 2. The molecule has 0 N–H and O–H groups in total. The molecule has 24 heavy (non-hydrogen) atoms. The number of benzene rings is 3. The van der Waals surface area contributed by atoms with Crippen molar-refractivity contribution in [3.63, 3.8) is 0 Å². The fourth-order valence-corrected chi connectivity index (χ4v) is 4.04. The van der Waals surface area contributed by atoms with Gasteiger partial charge in [0.05, 0.1) is 11.4 Å². The lowest BCUT2D eigenvalue weighted by Crippen LogP contribution is -2.52. The van der Waals surface area contributed by atoms with Gasteiger partial charge in [-0.25, -0.2) is 0 Å². The Bertz CT molecular complexity index is 816. The van der Waals surface area contributed by atoms with Gasteiger partial charge in [0.2, 0.25) is 0 Å². The van der Waals surface area contributed by atoms with Crippen molar-refractivity contribution >= 4 is 11.4 Å². The SMILES string of the molecule is Cc1ccc2c(c1)N(C)C(c1ccccc1)(c1ccccc1)N2C. The third-order valence-electron chi connectivity index (χ3n) is 5.18. The van der Waals surface area contributed by atoms with Crippen molar-refractivity contribution in [1.82, 2.24) is 0 Å². The lowest BCUT2D eigenvalue weighted by Gasteiger charge is -2.44. The molecule has 120 valence electrons. The van der Waals surface area contributed by atoms with Gasteiger partial charge >= 0.3 is 0 Å². The molecule has 1 aliphatic rings. The second-order valence-electron chi connectivity index (χ2n) is 6.51. The molecule has 0 radical (unpaired) electrons. The van der Waals surface area contributed by atoms with Crippen LogP contribution in [0.1, 0.15) is 16.7 Å². The lowest BCUT2D eigenvalue weighted by molar-refractivity contribution is 0.522. The van der Waals surface area contributed by atoms with Gasteiger partial charge in [0, 0.05) is 25.2 Å². The van der Waals surface area contributed by atoms with Gasteiger partial charge in [0.1, 0.15) is 0 Å². The summed E-state index contributed by atoms with van der Waals surface area (Å²) < 4.78 is 0. The van der Waals surface area contributed by atoms with Crippen LogP contribution in [0.15, 0.2) is 78.9 Å². The van der Waals surface area contributed by atoms with Crippen LogP contribution in [0, 0.1) is 6.92 Å². The van der Waals surface area contributed by atoms with E-state index in [1.165, 1.54) is 28.1 Å². The quantitative estimate of drug-likeness (QED) is 0.671. The van der Waals surface area contributed by atoms with Gasteiger partial charge in [-0.3, -0.25) is 0 Å². The Hall–Kier alpha value is -2.74. The average molecular weight is 314 g/mol. The highest BCUT2D eigenvalue weighted by Crippen LogP contribution is 2.51. The van der Waals surface area contributed by atoms with E-state index in [-0.39, 0.29) is 5.66 Å². The third-order valence-corrected chi connectivity index (χ3v) is 5.18. The Morgan fingerprint density at radius 3 is 1.67 bits per heavy atom. The number of hydrogen-bond acceptors (Lipinski definition) is 2. The monoisotopic (exact) mass is 314 g/mol. The molecular weight excluding hydrogens is 292 g/mol. The summed E-state index contributed by atoms with van der Waals surface area (Å²) in [6.45, 7) is 2.15. The largest absolute Gasteiger partial charge is 0.343 e. The Morgan fingerprint density at radius 1 is 0.625 bits per heavy atom. The molecule has 2 nitrogen and oxygen atoms in total. The van der Waals surface area contributed by atoms with Crippen molar-refractivity contribution in [1.29, 1.82) is 0 Å². The maximum absolute atomic E-state index is 2.40. The summed E-state index contributed by atoms with van der Waals surface area (Å²) >= 11 is 0. The number of hydrogen-bond donors (Lipinski definition) is 0. The van der Waals surface area contributed by atoms with Crippen LogP contribution in [0.3, 0.4) is 0 Å². The second-order valence-corrected chi connectivity index (χ2v) is 6.51. The van der Waals surface area contributed by atoms with E-state index in [1.807, 2.05) is 0 Å². The van der Waals surface area contributed by atoms with E-state index in [0.717, 1.165) is 0 Å². The topological polar surface area (TPSA) is 6.48 Å². The fraction of sp³-hybridized carbons (Fsp3) is 0.182. The van der Waals surface area contributed by atoms with E-state index in [9.17, 15) is 0 Å². The molecule has 4 rings (SSSR count). The maximum Gasteiger partial charge on any atom is 0.166 e. The first-order chi connectivity index (χ1) is 11.7. The molecule has 1 heterocycles. The van der Waals surface area contributed by atoms with Crippen molar-refractivity contribution in [2.45, 2.75) is 12.6 Å². The molecule has 0 fully saturated rings. The van der Waals surface area contributed by atoms with Crippen LogP contribution in [0.5, 0.6) is 0 Å². The summed E-state index contributed by atoms with van der Waals surface area (Å²) in [6.07, 6.45) is 0. The maximum atomic E-state index is 2.40. The summed E-state index contributed by atoms with van der Waals surface area (Å²) in [5, 5.41) is 0. The predicted octanol–water partition coefficient (Wildman–Crippen LogP) is 4.78. The van der Waals surface area contributed by atoms with Crippen LogP contribution < -0.4 is 9.80 Å². The average Bonchev–Trinajstić information content (AvgIpc) is 2.85. The summed E-state index contributed by atoms with van der Waals surface area (Å²) in [5.74, 6) is 0. The van der Waals surface area contributed by atoms with Crippen molar-refractivity contribution < 1.29 is 0 Å². The van der Waals surface area contributed by atoms with E-state index in [0.29, 0.717) is 0 Å². The van der Waals surface area contributed by atoms with Crippen molar-refractivity contribution in [3.8, 4) is 0 Å². The normalized spacial score (nSPS) is 15.5. The minimum absolute atomic E-state index is 0.335. The van der Waals surface area contributed by atoms with Crippen molar-refractivity contribution in [2.24, 2.45) is 0 Å². The van der Waals surface area contributed by atoms with Crippen LogP contribution in [0.25, 0.3) is 0 Å². The zero-order chi connectivity index (χ0) is 16.7. The number of anilines is 2. The molecule has 0 unspecified atom stereocenters. The van der Waals surface area contributed by atoms with Gasteiger partial charge in [0.25, 0.3) is 0 Å². The molecule has 3 aromatic carbocycles. The standard InChI is InChI=1S/C22H22N2/c1-17-14-15-20-21(16-17)24(3)22(23(20)2,18-10-6-4-7-11-18)19-12-8-5-9-13-19/h4-16H,1-3H3. The molecule has 2 heteroatoms. The molecule has 0 saturated heterocycles. The molecule has 0 spiro atoms. The third kappa shape index (κ3) is 1.89. The smallest absolute Gasteiger partial charge is 0.166 e. The Labute approximate surface area is 144 Å². The van der Waals surface area contributed by atoms with E-state index >= 15 is 0 Å². The van der Waals surface area contributed by atoms with Gasteiger partial charge in [0.15, 0.2) is 5.66 Å². The van der Waals surface area contributed by atoms with Crippen molar-refractivity contribution in [3.05, 3.63) is 95.6 Å². The zero-order valence-corrected chi connectivity index (χ0v) is 14.4. The van der Waals surface area contributed by atoms with E-state index in [2.05, 4.69) is 110 Å². The lowest BCUT2D eigenvalue weighted by atomic mass is 9.89. The van der Waals surface area contributed by atoms with E-state index in [4.69, 9.17) is 0 Å². The first-order valence-corrected chi connectivity index (χ1v) is 8.35. The molecule has 0 aliphatic carbocycles. The van der Waals surface area contributed by atoms with Crippen LogP contribution in [0.4, 0.5) is 11.4 Å². The first kappa shape index (κ1) is 14.8. The summed E-state index contributed by atoms with van der Waals surface area (Å²) in [4.78, 5) is 4.80. The predicted molar refractivity (Wildman–Crippen MR) is 102 cm³/mol. The van der Waals surface area contributed by atoms with Crippen molar-refractivity contribution in [2.75, 3.05) is 23.9 Å². The molecule has 0 bridgehead atoms. The number of aryl methyl sites for hydroxylation is 1. The molecular formula is C22H22N2. The molecule has 0 amide bonds. The highest BCUT2D eigenvalue weighted by atomic mass is 15.4. The molecule has 1 aliphatic heterocycles. The van der Waals surface area contributed by atoms with Crippen LogP contribution in [0.2, 0.25) is 0 Å². The molecule has 0 atom stereocenters. The van der Waals surface area contributed by atoms with Crippen LogP contribution >= 0.6 is 0 Å². The second kappa shape index (κ2) is 5.41. The summed E-state index contributed by atoms with van der Waals surface area (Å²) in [6, 6.07) is 28.2. The number of nitrogens with zero attached hydrogens (tertiary/aromatic N) is 2. The van der Waals surface area contributed by atoms with Crippen LogP contribution in [-0.4, -0.2) is 14.1 Å². The zero-order valence-electron chi connectivity index (χ0n) is 14.4. The Balaban J connectivity index is 2.03. The van der Waals surface area contributed by atoms with E-state index < -0.39 is 0 Å². The van der Waals surface area contributed by atoms with Gasteiger partial charge in [-0.2, -0.15) is 0 Å². The van der Waals surface area contributed by atoms with Gasteiger partial charge in [-0.1, -0.05) is 66.7 Å². The highest BCUT2D eigenvalue weighted by Gasteiger charge is 2.48. The molecule has 0 saturated carbocycles. The van der Waals surface area contributed by atoms with Gasteiger partial charge in [-0.05, 0) is 24.6 Å². The highest BCUT2D eigenvalue weighted by molar-refractivity contribution is 5.82. The number of fused-ring (bicyclic) bond motifs is 1. The Kier molecular flexibility index (Phi) is 3.34. The molecule has 0 aromatic heterocycles. The van der Waals surface area contributed by atoms with Gasteiger partial charge in [-0.15, -0.1) is 0 Å².